The van der Waals surface area contributed by atoms with E-state index in [0.717, 1.165) is 24.8 Å². The molecule has 24 heavy (non-hydrogen) atoms. The first-order valence-electron chi connectivity index (χ1n) is 8.96. The number of hydrogen-bond acceptors (Lipinski definition) is 5. The summed E-state index contributed by atoms with van der Waals surface area (Å²) in [6.07, 6.45) is 2.55. The molecular weight excluding hydrogens is 318 g/mol. The van der Waals surface area contributed by atoms with Crippen LogP contribution < -0.4 is 5.48 Å². The Labute approximate surface area is 145 Å². The van der Waals surface area contributed by atoms with Crippen LogP contribution in [0.5, 0.6) is 0 Å². The van der Waals surface area contributed by atoms with Crippen molar-refractivity contribution in [3.63, 3.8) is 0 Å². The fraction of sp³-hybridized carbons (Fsp3) is 0.526. The first-order chi connectivity index (χ1) is 11.7. The van der Waals surface area contributed by atoms with Crippen LogP contribution in [0.15, 0.2) is 29.3 Å². The Hall–Kier alpha value is -1.43. The van der Waals surface area contributed by atoms with Crippen molar-refractivity contribution in [1.82, 2.24) is 10.4 Å². The number of rotatable bonds is 1. The molecule has 5 heteroatoms. The molecule has 5 heterocycles. The molecule has 4 nitrogen and oxygen atoms in total. The number of amidine groups is 1. The van der Waals surface area contributed by atoms with E-state index < -0.39 is 0 Å². The SMILES string of the molecule is Cc1ccc2cc(C3=NC4(ON3)C3CC5CC4CN(C5)C3)sc2c1. The second-order valence-electron chi connectivity index (χ2n) is 8.02. The van der Waals surface area contributed by atoms with E-state index in [-0.39, 0.29) is 5.72 Å². The monoisotopic (exact) mass is 339 g/mol. The van der Waals surface area contributed by atoms with Crippen molar-refractivity contribution in [3.05, 3.63) is 34.7 Å². The lowest BCUT2D eigenvalue weighted by atomic mass is 9.63. The van der Waals surface area contributed by atoms with E-state index in [4.69, 9.17) is 9.83 Å². The zero-order valence-electron chi connectivity index (χ0n) is 13.8. The highest BCUT2D eigenvalue weighted by Gasteiger charge is 2.60. The summed E-state index contributed by atoms with van der Waals surface area (Å²) in [5, 5.41) is 1.29. The highest BCUT2D eigenvalue weighted by molar-refractivity contribution is 7.20. The maximum absolute atomic E-state index is 6.23. The molecule has 1 N–H and O–H groups in total. The molecular formula is C19H21N3OS. The summed E-state index contributed by atoms with van der Waals surface area (Å²) < 4.78 is 1.33. The van der Waals surface area contributed by atoms with Crippen LogP contribution >= 0.6 is 11.3 Å². The van der Waals surface area contributed by atoms with E-state index >= 15 is 0 Å². The van der Waals surface area contributed by atoms with Crippen molar-refractivity contribution < 1.29 is 4.84 Å². The number of fused-ring (bicyclic) bond motifs is 1. The average molecular weight is 339 g/mol. The Morgan fingerprint density at radius 3 is 2.83 bits per heavy atom. The van der Waals surface area contributed by atoms with Crippen LogP contribution in [0, 0.1) is 24.7 Å². The molecule has 7 rings (SSSR count). The van der Waals surface area contributed by atoms with Gasteiger partial charge in [-0.05, 0) is 48.8 Å². The minimum atomic E-state index is -0.311. The topological polar surface area (TPSA) is 36.9 Å². The van der Waals surface area contributed by atoms with E-state index in [1.807, 2.05) is 11.3 Å². The number of hydrogen-bond donors (Lipinski definition) is 1. The van der Waals surface area contributed by atoms with Gasteiger partial charge in [0.25, 0.3) is 0 Å². The van der Waals surface area contributed by atoms with Crippen LogP contribution in [0.1, 0.15) is 23.3 Å². The molecule has 2 aromatic rings. The minimum Gasteiger partial charge on any atom is -0.302 e. The third kappa shape index (κ3) is 1.78. The van der Waals surface area contributed by atoms with Crippen molar-refractivity contribution in [2.24, 2.45) is 22.7 Å². The minimum absolute atomic E-state index is 0.311. The van der Waals surface area contributed by atoms with Gasteiger partial charge in [-0.2, -0.15) is 0 Å². The second kappa shape index (κ2) is 4.59. The summed E-state index contributed by atoms with van der Waals surface area (Å²) >= 11 is 1.81. The molecule has 1 aromatic carbocycles. The summed E-state index contributed by atoms with van der Waals surface area (Å²) in [5.41, 5.74) is 4.20. The first-order valence-corrected chi connectivity index (χ1v) is 9.78. The average Bonchev–Trinajstić information content (AvgIpc) is 3.16. The van der Waals surface area contributed by atoms with Gasteiger partial charge in [0.1, 0.15) is 0 Å². The van der Waals surface area contributed by atoms with Gasteiger partial charge >= 0.3 is 0 Å². The van der Waals surface area contributed by atoms with E-state index in [2.05, 4.69) is 41.6 Å². The van der Waals surface area contributed by atoms with Gasteiger partial charge in [0, 0.05) is 36.2 Å². The maximum Gasteiger partial charge on any atom is 0.195 e. The summed E-state index contributed by atoms with van der Waals surface area (Å²) in [5.74, 6) is 2.90. The second-order valence-corrected chi connectivity index (χ2v) is 9.10. The third-order valence-corrected chi connectivity index (χ3v) is 7.49. The zero-order chi connectivity index (χ0) is 15.9. The third-order valence-electron chi connectivity index (χ3n) is 6.39. The highest BCUT2D eigenvalue weighted by atomic mass is 32.1. The summed E-state index contributed by atoms with van der Waals surface area (Å²) in [6.45, 7) is 5.74. The van der Waals surface area contributed by atoms with E-state index in [1.165, 1.54) is 39.9 Å². The van der Waals surface area contributed by atoms with Crippen LogP contribution in [-0.2, 0) is 4.84 Å². The lowest BCUT2D eigenvalue weighted by Gasteiger charge is -2.58. The number of nitrogens with one attached hydrogen (secondary N) is 1. The van der Waals surface area contributed by atoms with E-state index in [0.29, 0.717) is 11.8 Å². The number of aliphatic imine (C=N–C) groups is 1. The van der Waals surface area contributed by atoms with Gasteiger partial charge in [0.05, 0.1) is 4.88 Å². The normalized spacial score (nSPS) is 39.6. The Morgan fingerprint density at radius 1 is 1.21 bits per heavy atom. The largest absolute Gasteiger partial charge is 0.302 e. The van der Waals surface area contributed by atoms with Gasteiger partial charge in [-0.1, -0.05) is 12.1 Å². The Morgan fingerprint density at radius 2 is 2.04 bits per heavy atom. The number of hydroxylamine groups is 1. The molecule has 4 bridgehead atoms. The molecule has 1 spiro atoms. The van der Waals surface area contributed by atoms with Crippen molar-refractivity contribution in [2.75, 3.05) is 19.6 Å². The van der Waals surface area contributed by atoms with E-state index in [1.54, 1.807) is 0 Å². The quantitative estimate of drug-likeness (QED) is 0.867. The van der Waals surface area contributed by atoms with Gasteiger partial charge in [0.2, 0.25) is 0 Å². The van der Waals surface area contributed by atoms with Crippen molar-refractivity contribution in [3.8, 4) is 0 Å². The highest BCUT2D eigenvalue weighted by Crippen LogP contribution is 2.53. The van der Waals surface area contributed by atoms with Gasteiger partial charge < -0.3 is 4.90 Å². The summed E-state index contributed by atoms with van der Waals surface area (Å²) in [6, 6.07) is 8.87. The number of thiophene rings is 1. The Bertz CT molecular complexity index is 843. The summed E-state index contributed by atoms with van der Waals surface area (Å²) in [7, 11) is 0. The fourth-order valence-electron chi connectivity index (χ4n) is 5.40. The molecule has 2 unspecified atom stereocenters. The molecule has 4 aliphatic heterocycles. The van der Waals surface area contributed by atoms with Gasteiger partial charge in [0.15, 0.2) is 11.6 Å². The van der Waals surface area contributed by atoms with Crippen LogP contribution in [0.3, 0.4) is 0 Å². The molecule has 124 valence electrons. The zero-order valence-corrected chi connectivity index (χ0v) is 14.6. The molecule has 0 amide bonds. The predicted octanol–water partition coefficient (Wildman–Crippen LogP) is 3.16. The number of piperidine rings is 3. The van der Waals surface area contributed by atoms with Gasteiger partial charge in [-0.15, -0.1) is 11.3 Å². The van der Waals surface area contributed by atoms with Crippen molar-refractivity contribution in [2.45, 2.75) is 25.5 Å². The van der Waals surface area contributed by atoms with Crippen molar-refractivity contribution in [1.29, 1.82) is 0 Å². The first kappa shape index (κ1) is 13.8. The van der Waals surface area contributed by atoms with Crippen LogP contribution in [0.25, 0.3) is 10.1 Å². The number of aryl methyl sites for hydroxylation is 1. The van der Waals surface area contributed by atoms with Crippen LogP contribution in [-0.4, -0.2) is 36.1 Å². The standard InChI is InChI=1S/C19H21N3OS/c1-11-2-3-13-7-17(24-16(13)4-11)18-20-19(23-21-18)14-5-12-6-15(19)10-22(8-12)9-14/h2-4,7,12,14-15H,5-6,8-10H2,1H3,(H,20,21). The fourth-order valence-corrected chi connectivity index (χ4v) is 6.50. The van der Waals surface area contributed by atoms with Crippen LogP contribution in [0.4, 0.5) is 0 Å². The molecule has 5 aliphatic rings. The Balaban J connectivity index is 1.41. The molecule has 3 saturated heterocycles. The number of nitrogens with zero attached hydrogens (tertiary/aromatic N) is 2. The molecule has 1 saturated carbocycles. The lowest BCUT2D eigenvalue weighted by Crippen LogP contribution is -2.66. The molecule has 1 aromatic heterocycles. The molecule has 4 fully saturated rings. The molecule has 1 aliphatic carbocycles. The summed E-state index contributed by atoms with van der Waals surface area (Å²) in [4.78, 5) is 15.2. The lowest BCUT2D eigenvalue weighted by molar-refractivity contribution is -0.212. The smallest absolute Gasteiger partial charge is 0.195 e. The molecule has 2 atom stereocenters. The predicted molar refractivity (Wildman–Crippen MR) is 96.2 cm³/mol. The maximum atomic E-state index is 6.23. The molecule has 0 radical (unpaired) electrons. The number of benzene rings is 1. The van der Waals surface area contributed by atoms with Gasteiger partial charge in [-0.3, -0.25) is 0 Å². The van der Waals surface area contributed by atoms with Gasteiger partial charge in [-0.25, -0.2) is 15.3 Å². The van der Waals surface area contributed by atoms with Crippen LogP contribution in [0.2, 0.25) is 0 Å². The Kier molecular flexibility index (Phi) is 2.64. The van der Waals surface area contributed by atoms with E-state index in [9.17, 15) is 0 Å². The van der Waals surface area contributed by atoms with Crippen molar-refractivity contribution >= 4 is 27.3 Å².